The van der Waals surface area contributed by atoms with E-state index in [-0.39, 0.29) is 5.82 Å². The summed E-state index contributed by atoms with van der Waals surface area (Å²) in [5, 5.41) is 0. The van der Waals surface area contributed by atoms with Crippen LogP contribution in [-0.2, 0) is 17.8 Å². The second-order valence-electron chi connectivity index (χ2n) is 5.68. The van der Waals surface area contributed by atoms with Crippen LogP contribution in [0.5, 0.6) is 0 Å². The highest BCUT2D eigenvalue weighted by molar-refractivity contribution is 9.10. The van der Waals surface area contributed by atoms with Crippen LogP contribution in [-0.4, -0.2) is 6.61 Å². The Kier molecular flexibility index (Phi) is 6.19. The van der Waals surface area contributed by atoms with Crippen molar-refractivity contribution in [1.29, 1.82) is 0 Å². The predicted octanol–water partition coefficient (Wildman–Crippen LogP) is 6.61. The van der Waals surface area contributed by atoms with Crippen LogP contribution in [0.3, 0.4) is 0 Å². The molecule has 0 saturated heterocycles. The Hall–Kier alpha value is -1.75. The molecule has 1 nitrogen and oxygen atoms in total. The fourth-order valence-corrected chi connectivity index (χ4v) is 4.10. The van der Waals surface area contributed by atoms with Crippen molar-refractivity contribution >= 4 is 27.3 Å². The Morgan fingerprint density at radius 3 is 2.60 bits per heavy atom. The van der Waals surface area contributed by atoms with Crippen molar-refractivity contribution in [2.24, 2.45) is 0 Å². The number of thiophene rings is 1. The lowest BCUT2D eigenvalue weighted by Crippen LogP contribution is -1.95. The predicted molar refractivity (Wildman–Crippen MR) is 107 cm³/mol. The maximum Gasteiger partial charge on any atom is 0.123 e. The lowest BCUT2D eigenvalue weighted by Gasteiger charge is -2.07. The van der Waals surface area contributed by atoms with E-state index in [1.54, 1.807) is 17.4 Å². The fourth-order valence-electron chi connectivity index (χ4n) is 2.51. The van der Waals surface area contributed by atoms with Crippen molar-refractivity contribution in [1.82, 2.24) is 0 Å². The largest absolute Gasteiger partial charge is 0.373 e. The molecule has 4 heteroatoms. The van der Waals surface area contributed by atoms with E-state index in [4.69, 9.17) is 4.74 Å². The van der Waals surface area contributed by atoms with Gasteiger partial charge in [-0.05, 0) is 47.0 Å². The van der Waals surface area contributed by atoms with Crippen LogP contribution in [0.1, 0.15) is 16.0 Å². The van der Waals surface area contributed by atoms with E-state index in [0.717, 1.165) is 26.9 Å². The molecule has 0 aliphatic carbocycles. The summed E-state index contributed by atoms with van der Waals surface area (Å²) in [5.74, 6) is -0.206. The highest BCUT2D eigenvalue weighted by atomic mass is 79.9. The molecule has 0 saturated carbocycles. The third-order valence-electron chi connectivity index (χ3n) is 3.78. The van der Waals surface area contributed by atoms with Crippen LogP contribution in [0.15, 0.2) is 71.7 Å². The Morgan fingerprint density at radius 1 is 1.08 bits per heavy atom. The Labute approximate surface area is 159 Å². The number of hydrogen-bond acceptors (Lipinski definition) is 2. The molecule has 0 unspecified atom stereocenters. The molecular weight excluding hydrogens is 399 g/mol. The topological polar surface area (TPSA) is 9.23 Å². The first-order chi connectivity index (χ1) is 12.2. The van der Waals surface area contributed by atoms with Gasteiger partial charge >= 0.3 is 0 Å². The molecule has 0 fully saturated rings. The summed E-state index contributed by atoms with van der Waals surface area (Å²) in [6.07, 6.45) is 2.62. The standard InChI is InChI=1S/C21H18BrFOS/c1-2-11-24-14-17-4-3-15(13-20(17)22)12-19-9-10-21(25-19)16-5-7-18(23)8-6-16/h2-10,13H,1,11-12,14H2. The molecule has 0 amide bonds. The summed E-state index contributed by atoms with van der Waals surface area (Å²) in [6.45, 7) is 4.77. The number of benzene rings is 2. The summed E-state index contributed by atoms with van der Waals surface area (Å²) in [5.41, 5.74) is 3.42. The summed E-state index contributed by atoms with van der Waals surface area (Å²) in [4.78, 5) is 2.44. The number of hydrogen-bond donors (Lipinski definition) is 0. The second kappa shape index (κ2) is 8.56. The van der Waals surface area contributed by atoms with Gasteiger partial charge in [-0.3, -0.25) is 0 Å². The van der Waals surface area contributed by atoms with Crippen molar-refractivity contribution in [2.75, 3.05) is 6.61 Å². The average Bonchev–Trinajstić information content (AvgIpc) is 3.06. The van der Waals surface area contributed by atoms with Gasteiger partial charge in [-0.1, -0.05) is 46.3 Å². The molecule has 3 aromatic rings. The van der Waals surface area contributed by atoms with Crippen molar-refractivity contribution < 1.29 is 9.13 Å². The summed E-state index contributed by atoms with van der Waals surface area (Å²) in [7, 11) is 0. The third kappa shape index (κ3) is 4.88. The first-order valence-corrected chi connectivity index (χ1v) is 9.57. The molecule has 1 aromatic heterocycles. The molecule has 1 heterocycles. The number of ether oxygens (including phenoxy) is 1. The van der Waals surface area contributed by atoms with Gasteiger partial charge in [-0.15, -0.1) is 17.9 Å². The number of halogens is 2. The van der Waals surface area contributed by atoms with Gasteiger partial charge in [0.2, 0.25) is 0 Å². The summed E-state index contributed by atoms with van der Waals surface area (Å²) >= 11 is 5.36. The summed E-state index contributed by atoms with van der Waals surface area (Å²) in [6, 6.07) is 17.2. The van der Waals surface area contributed by atoms with Crippen molar-refractivity contribution in [2.45, 2.75) is 13.0 Å². The maximum absolute atomic E-state index is 13.0. The van der Waals surface area contributed by atoms with E-state index in [9.17, 15) is 4.39 Å². The maximum atomic E-state index is 13.0. The molecule has 0 aliphatic rings. The zero-order valence-electron chi connectivity index (χ0n) is 13.7. The van der Waals surface area contributed by atoms with E-state index in [2.05, 4.69) is 52.8 Å². The van der Waals surface area contributed by atoms with Gasteiger partial charge in [0.25, 0.3) is 0 Å². The Bertz CT molecular complexity index is 855. The average molecular weight is 417 g/mol. The molecule has 0 spiro atoms. The van der Waals surface area contributed by atoms with Crippen LogP contribution in [0.4, 0.5) is 4.39 Å². The van der Waals surface area contributed by atoms with E-state index >= 15 is 0 Å². The first kappa shape index (κ1) is 18.1. The van der Waals surface area contributed by atoms with Crippen LogP contribution < -0.4 is 0 Å². The lowest BCUT2D eigenvalue weighted by molar-refractivity contribution is 0.148. The minimum Gasteiger partial charge on any atom is -0.373 e. The van der Waals surface area contributed by atoms with Gasteiger partial charge in [-0.2, -0.15) is 0 Å². The van der Waals surface area contributed by atoms with Crippen LogP contribution >= 0.6 is 27.3 Å². The van der Waals surface area contributed by atoms with Gasteiger partial charge in [0.1, 0.15) is 5.82 Å². The van der Waals surface area contributed by atoms with E-state index in [1.165, 1.54) is 22.6 Å². The van der Waals surface area contributed by atoms with Gasteiger partial charge in [0.05, 0.1) is 13.2 Å². The highest BCUT2D eigenvalue weighted by Crippen LogP contribution is 2.30. The normalized spacial score (nSPS) is 10.8. The van der Waals surface area contributed by atoms with Gasteiger partial charge in [0, 0.05) is 20.6 Å². The molecule has 25 heavy (non-hydrogen) atoms. The van der Waals surface area contributed by atoms with E-state index in [0.29, 0.717) is 13.2 Å². The molecule has 128 valence electrons. The van der Waals surface area contributed by atoms with Crippen LogP contribution in [0, 0.1) is 5.82 Å². The number of rotatable bonds is 7. The molecule has 0 radical (unpaired) electrons. The molecular formula is C21H18BrFOS. The van der Waals surface area contributed by atoms with Gasteiger partial charge in [-0.25, -0.2) is 4.39 Å². The monoisotopic (exact) mass is 416 g/mol. The lowest BCUT2D eigenvalue weighted by atomic mass is 10.1. The SMILES string of the molecule is C=CCOCc1ccc(Cc2ccc(-c3ccc(F)cc3)s2)cc1Br. The first-order valence-electron chi connectivity index (χ1n) is 7.96. The molecule has 3 rings (SSSR count). The third-order valence-corrected chi connectivity index (χ3v) is 5.65. The minimum absolute atomic E-state index is 0.206. The van der Waals surface area contributed by atoms with Crippen molar-refractivity contribution in [3.63, 3.8) is 0 Å². The van der Waals surface area contributed by atoms with Crippen molar-refractivity contribution in [3.05, 3.63) is 93.5 Å². The minimum atomic E-state index is -0.206. The van der Waals surface area contributed by atoms with Crippen LogP contribution in [0.2, 0.25) is 0 Å². The van der Waals surface area contributed by atoms with Crippen molar-refractivity contribution in [3.8, 4) is 10.4 Å². The quantitative estimate of drug-likeness (QED) is 0.311. The summed E-state index contributed by atoms with van der Waals surface area (Å²) < 4.78 is 19.6. The molecule has 2 aromatic carbocycles. The van der Waals surface area contributed by atoms with Crippen LogP contribution in [0.25, 0.3) is 10.4 Å². The Balaban J connectivity index is 1.69. The van der Waals surface area contributed by atoms with E-state index < -0.39 is 0 Å². The zero-order chi connectivity index (χ0) is 17.6. The Morgan fingerprint density at radius 2 is 1.88 bits per heavy atom. The van der Waals surface area contributed by atoms with Gasteiger partial charge < -0.3 is 4.74 Å². The second-order valence-corrected chi connectivity index (χ2v) is 7.70. The smallest absolute Gasteiger partial charge is 0.123 e. The molecule has 0 bridgehead atoms. The highest BCUT2D eigenvalue weighted by Gasteiger charge is 2.06. The zero-order valence-corrected chi connectivity index (χ0v) is 16.1. The molecule has 0 N–H and O–H groups in total. The fraction of sp³-hybridized carbons (Fsp3) is 0.143. The molecule has 0 aliphatic heterocycles. The van der Waals surface area contributed by atoms with E-state index in [1.807, 2.05) is 12.1 Å². The van der Waals surface area contributed by atoms with Gasteiger partial charge in [0.15, 0.2) is 0 Å². The molecule has 0 atom stereocenters.